The highest BCUT2D eigenvalue weighted by Gasteiger charge is 2.21. The molecule has 0 aliphatic heterocycles. The van der Waals surface area contributed by atoms with Gasteiger partial charge in [-0.05, 0) is 36.6 Å². The summed E-state index contributed by atoms with van der Waals surface area (Å²) < 4.78 is 26.6. The molecule has 2 aromatic rings. The first-order chi connectivity index (χ1) is 14.8. The summed E-state index contributed by atoms with van der Waals surface area (Å²) in [4.78, 5) is 33.4. The molecule has 0 fully saturated rings. The molecule has 1 aromatic heterocycles. The number of carbonyl (C=O) groups excluding carboxylic acids is 2. The lowest BCUT2D eigenvalue weighted by atomic mass is 10.1. The molecule has 0 radical (unpaired) electrons. The van der Waals surface area contributed by atoms with Crippen LogP contribution in [0.1, 0.15) is 44.9 Å². The van der Waals surface area contributed by atoms with Gasteiger partial charge in [-0.1, -0.05) is 27.2 Å². The van der Waals surface area contributed by atoms with Gasteiger partial charge in [0.1, 0.15) is 17.7 Å². The second-order valence-corrected chi connectivity index (χ2v) is 7.77. The van der Waals surface area contributed by atoms with Crippen molar-refractivity contribution in [3.8, 4) is 0 Å². The standard InChI is InChI=1S/C22H29F2N5O2/c1-4-5-19(28-21(30)8-15-6-16(23)9-17(24)7-15)22(31)29-20-13-26-18(12-27-20)11-25-10-14(2)3/h6-7,9,12-14,19,25H,4-5,8,10-11H2,1-3H3,(H,28,30)(H,27,29,31). The Morgan fingerprint density at radius 3 is 2.35 bits per heavy atom. The molecule has 0 saturated carbocycles. The molecule has 0 aliphatic carbocycles. The fourth-order valence-electron chi connectivity index (χ4n) is 2.91. The number of nitrogens with zero attached hydrogens (tertiary/aromatic N) is 2. The molecule has 1 heterocycles. The summed E-state index contributed by atoms with van der Waals surface area (Å²) in [5.74, 6) is -1.65. The summed E-state index contributed by atoms with van der Waals surface area (Å²) in [5, 5.41) is 8.53. The molecule has 2 amide bonds. The van der Waals surface area contributed by atoms with Gasteiger partial charge in [0.2, 0.25) is 11.8 Å². The van der Waals surface area contributed by atoms with E-state index in [9.17, 15) is 18.4 Å². The van der Waals surface area contributed by atoms with E-state index in [-0.39, 0.29) is 17.8 Å². The number of benzene rings is 1. The minimum atomic E-state index is -0.801. The van der Waals surface area contributed by atoms with Gasteiger partial charge in [0.15, 0.2) is 5.82 Å². The number of amides is 2. The molecule has 0 saturated heterocycles. The summed E-state index contributed by atoms with van der Waals surface area (Å²) in [6.07, 6.45) is 3.86. The van der Waals surface area contributed by atoms with Gasteiger partial charge in [-0.25, -0.2) is 13.8 Å². The van der Waals surface area contributed by atoms with Gasteiger partial charge >= 0.3 is 0 Å². The Morgan fingerprint density at radius 1 is 1.06 bits per heavy atom. The summed E-state index contributed by atoms with van der Waals surface area (Å²) >= 11 is 0. The van der Waals surface area contributed by atoms with Crippen LogP contribution in [-0.4, -0.2) is 34.4 Å². The van der Waals surface area contributed by atoms with Gasteiger partial charge in [0.25, 0.3) is 0 Å². The van der Waals surface area contributed by atoms with Crippen molar-refractivity contribution in [2.24, 2.45) is 5.92 Å². The van der Waals surface area contributed by atoms with Crippen LogP contribution in [0.5, 0.6) is 0 Å². The lowest BCUT2D eigenvalue weighted by Gasteiger charge is -2.17. The van der Waals surface area contributed by atoms with Gasteiger partial charge in [-0.2, -0.15) is 0 Å². The number of hydrogen-bond acceptors (Lipinski definition) is 5. The number of halogens is 2. The number of nitrogens with one attached hydrogen (secondary N) is 3. The first-order valence-electron chi connectivity index (χ1n) is 10.3. The Kier molecular flexibility index (Phi) is 9.45. The molecule has 1 atom stereocenters. The van der Waals surface area contributed by atoms with Crippen LogP contribution in [0.2, 0.25) is 0 Å². The van der Waals surface area contributed by atoms with E-state index < -0.39 is 29.5 Å². The predicted octanol–water partition coefficient (Wildman–Crippen LogP) is 2.97. The predicted molar refractivity (Wildman–Crippen MR) is 114 cm³/mol. The average Bonchev–Trinajstić information content (AvgIpc) is 2.68. The van der Waals surface area contributed by atoms with E-state index in [0.717, 1.165) is 30.4 Å². The topological polar surface area (TPSA) is 96.0 Å². The number of rotatable bonds is 11. The van der Waals surface area contributed by atoms with E-state index >= 15 is 0 Å². The summed E-state index contributed by atoms with van der Waals surface area (Å²) in [7, 11) is 0. The van der Waals surface area contributed by atoms with E-state index in [1.165, 1.54) is 6.20 Å². The van der Waals surface area contributed by atoms with Crippen LogP contribution >= 0.6 is 0 Å². The fraction of sp³-hybridized carbons (Fsp3) is 0.455. The highest BCUT2D eigenvalue weighted by molar-refractivity contribution is 5.96. The molecule has 2 rings (SSSR count). The third-order valence-corrected chi connectivity index (χ3v) is 4.33. The number of hydrogen-bond donors (Lipinski definition) is 3. The minimum Gasteiger partial charge on any atom is -0.344 e. The van der Waals surface area contributed by atoms with E-state index in [4.69, 9.17) is 0 Å². The number of anilines is 1. The molecule has 0 spiro atoms. The minimum absolute atomic E-state index is 0.193. The molecule has 1 aromatic carbocycles. The Labute approximate surface area is 181 Å². The summed E-state index contributed by atoms with van der Waals surface area (Å²) in [5.41, 5.74) is 0.942. The Balaban J connectivity index is 1.92. The third kappa shape index (κ3) is 8.75. The van der Waals surface area contributed by atoms with Crippen LogP contribution in [0.15, 0.2) is 30.6 Å². The molecule has 3 N–H and O–H groups in total. The second kappa shape index (κ2) is 12.0. The van der Waals surface area contributed by atoms with E-state index in [2.05, 4.69) is 39.8 Å². The molecular formula is C22H29F2N5O2. The van der Waals surface area contributed by atoms with Gasteiger partial charge in [0.05, 0.1) is 24.5 Å². The molecular weight excluding hydrogens is 404 g/mol. The monoisotopic (exact) mass is 433 g/mol. The average molecular weight is 434 g/mol. The van der Waals surface area contributed by atoms with Crippen molar-refractivity contribution < 1.29 is 18.4 Å². The zero-order chi connectivity index (χ0) is 22.8. The maximum absolute atomic E-state index is 13.3. The molecule has 0 bridgehead atoms. The number of carbonyl (C=O) groups is 2. The smallest absolute Gasteiger partial charge is 0.248 e. The van der Waals surface area contributed by atoms with Crippen LogP contribution in [0.25, 0.3) is 0 Å². The lowest BCUT2D eigenvalue weighted by Crippen LogP contribution is -2.44. The second-order valence-electron chi connectivity index (χ2n) is 7.77. The van der Waals surface area contributed by atoms with Gasteiger partial charge in [0, 0.05) is 12.6 Å². The summed E-state index contributed by atoms with van der Waals surface area (Å²) in [6.45, 7) is 7.54. The van der Waals surface area contributed by atoms with Crippen LogP contribution in [-0.2, 0) is 22.6 Å². The van der Waals surface area contributed by atoms with Gasteiger partial charge in [-0.15, -0.1) is 0 Å². The Bertz CT molecular complexity index is 854. The number of aromatic nitrogens is 2. The van der Waals surface area contributed by atoms with E-state index in [0.29, 0.717) is 25.3 Å². The molecule has 1 unspecified atom stereocenters. The third-order valence-electron chi connectivity index (χ3n) is 4.33. The first-order valence-corrected chi connectivity index (χ1v) is 10.3. The first kappa shape index (κ1) is 24.3. The molecule has 0 aliphatic rings. The quantitative estimate of drug-likeness (QED) is 0.506. The fourth-order valence-corrected chi connectivity index (χ4v) is 2.91. The molecule has 7 nitrogen and oxygen atoms in total. The zero-order valence-electron chi connectivity index (χ0n) is 18.0. The van der Waals surface area contributed by atoms with Crippen molar-refractivity contribution in [2.75, 3.05) is 11.9 Å². The largest absolute Gasteiger partial charge is 0.344 e. The van der Waals surface area contributed by atoms with Crippen LogP contribution in [0, 0.1) is 17.6 Å². The van der Waals surface area contributed by atoms with Crippen molar-refractivity contribution in [2.45, 2.75) is 52.6 Å². The van der Waals surface area contributed by atoms with Crippen molar-refractivity contribution in [1.29, 1.82) is 0 Å². The lowest BCUT2D eigenvalue weighted by molar-refractivity contribution is -0.126. The van der Waals surface area contributed by atoms with Crippen molar-refractivity contribution in [3.63, 3.8) is 0 Å². The zero-order valence-corrected chi connectivity index (χ0v) is 18.0. The molecule has 9 heteroatoms. The van der Waals surface area contributed by atoms with Crippen molar-refractivity contribution in [3.05, 3.63) is 53.5 Å². The Hall–Kier alpha value is -2.94. The summed E-state index contributed by atoms with van der Waals surface area (Å²) in [6, 6.07) is 2.11. The van der Waals surface area contributed by atoms with Gasteiger partial charge < -0.3 is 16.0 Å². The molecule has 31 heavy (non-hydrogen) atoms. The van der Waals surface area contributed by atoms with E-state index in [1.54, 1.807) is 6.20 Å². The SMILES string of the molecule is CCCC(NC(=O)Cc1cc(F)cc(F)c1)C(=O)Nc1cnc(CNCC(C)C)cn1. The van der Waals surface area contributed by atoms with Gasteiger partial charge in [-0.3, -0.25) is 14.6 Å². The maximum atomic E-state index is 13.3. The maximum Gasteiger partial charge on any atom is 0.248 e. The Morgan fingerprint density at radius 2 is 1.77 bits per heavy atom. The van der Waals surface area contributed by atoms with Crippen LogP contribution < -0.4 is 16.0 Å². The molecule has 168 valence electrons. The highest BCUT2D eigenvalue weighted by atomic mass is 19.1. The van der Waals surface area contributed by atoms with Crippen molar-refractivity contribution >= 4 is 17.6 Å². The van der Waals surface area contributed by atoms with E-state index in [1.807, 2.05) is 6.92 Å². The van der Waals surface area contributed by atoms with Crippen LogP contribution in [0.3, 0.4) is 0 Å². The van der Waals surface area contributed by atoms with Crippen LogP contribution in [0.4, 0.5) is 14.6 Å². The highest BCUT2D eigenvalue weighted by Crippen LogP contribution is 2.10. The van der Waals surface area contributed by atoms with Crippen molar-refractivity contribution in [1.82, 2.24) is 20.6 Å². The normalized spacial score (nSPS) is 11.9.